The first-order valence-corrected chi connectivity index (χ1v) is 6.62. The summed E-state index contributed by atoms with van der Waals surface area (Å²) >= 11 is 0. The molecule has 0 bridgehead atoms. The highest BCUT2D eigenvalue weighted by molar-refractivity contribution is 5.05. The molecular formula is C14H23N3O. The molecule has 0 aromatic carbocycles. The van der Waals surface area contributed by atoms with E-state index < -0.39 is 0 Å². The van der Waals surface area contributed by atoms with E-state index in [9.17, 15) is 5.11 Å². The molecule has 0 amide bonds. The summed E-state index contributed by atoms with van der Waals surface area (Å²) in [5.74, 6) is 0. The van der Waals surface area contributed by atoms with E-state index in [4.69, 9.17) is 0 Å². The van der Waals surface area contributed by atoms with Gasteiger partial charge in [-0.2, -0.15) is 0 Å². The highest BCUT2D eigenvalue weighted by Crippen LogP contribution is 2.25. The standard InChI is InChI=1S/C14H23N3O/c1-14(2)6-8-15-9-13(11-18)17(14)10-12-5-3-4-7-16-12/h3-5,7,13,15,18H,6,8-11H2,1-2H3. The maximum atomic E-state index is 9.59. The van der Waals surface area contributed by atoms with Crippen LogP contribution in [0.25, 0.3) is 0 Å². The van der Waals surface area contributed by atoms with Crippen LogP contribution in [0.1, 0.15) is 26.0 Å². The van der Waals surface area contributed by atoms with Crippen molar-refractivity contribution < 1.29 is 5.11 Å². The molecule has 0 aliphatic carbocycles. The Hall–Kier alpha value is -0.970. The topological polar surface area (TPSA) is 48.4 Å². The number of rotatable bonds is 3. The van der Waals surface area contributed by atoms with Crippen LogP contribution in [0.15, 0.2) is 24.4 Å². The minimum Gasteiger partial charge on any atom is -0.395 e. The van der Waals surface area contributed by atoms with Gasteiger partial charge in [0.2, 0.25) is 0 Å². The number of nitrogens with one attached hydrogen (secondary N) is 1. The Kier molecular flexibility index (Phi) is 4.32. The lowest BCUT2D eigenvalue weighted by atomic mass is 9.96. The van der Waals surface area contributed by atoms with Crippen molar-refractivity contribution in [2.45, 2.75) is 38.4 Å². The lowest BCUT2D eigenvalue weighted by Crippen LogP contribution is -2.51. The molecule has 0 saturated carbocycles. The summed E-state index contributed by atoms with van der Waals surface area (Å²) in [6, 6.07) is 6.15. The van der Waals surface area contributed by atoms with Crippen molar-refractivity contribution in [3.05, 3.63) is 30.1 Å². The Labute approximate surface area is 109 Å². The van der Waals surface area contributed by atoms with Gasteiger partial charge in [-0.1, -0.05) is 6.07 Å². The molecule has 0 radical (unpaired) electrons. The number of pyridine rings is 1. The third kappa shape index (κ3) is 3.07. The SMILES string of the molecule is CC1(C)CCNCC(CO)N1Cc1ccccn1. The van der Waals surface area contributed by atoms with Gasteiger partial charge < -0.3 is 10.4 Å². The molecule has 1 aliphatic rings. The molecule has 2 rings (SSSR count). The predicted octanol–water partition coefficient (Wildman–Crippen LogP) is 1.02. The first-order valence-electron chi connectivity index (χ1n) is 6.62. The minimum absolute atomic E-state index is 0.0778. The fourth-order valence-corrected chi connectivity index (χ4v) is 2.58. The molecule has 1 fully saturated rings. The van der Waals surface area contributed by atoms with Gasteiger partial charge in [-0.25, -0.2) is 0 Å². The van der Waals surface area contributed by atoms with Crippen molar-refractivity contribution in [2.24, 2.45) is 0 Å². The summed E-state index contributed by atoms with van der Waals surface area (Å²) in [6.45, 7) is 7.30. The van der Waals surface area contributed by atoms with E-state index >= 15 is 0 Å². The van der Waals surface area contributed by atoms with Gasteiger partial charge in [0.15, 0.2) is 0 Å². The van der Waals surface area contributed by atoms with Crippen LogP contribution in [-0.2, 0) is 6.54 Å². The average Bonchev–Trinajstić information content (AvgIpc) is 2.51. The van der Waals surface area contributed by atoms with Gasteiger partial charge in [0.25, 0.3) is 0 Å². The first kappa shape index (κ1) is 13.5. The summed E-state index contributed by atoms with van der Waals surface area (Å²) in [6.07, 6.45) is 2.91. The fraction of sp³-hybridized carbons (Fsp3) is 0.643. The van der Waals surface area contributed by atoms with Gasteiger partial charge in [0.1, 0.15) is 0 Å². The molecule has 2 N–H and O–H groups in total. The quantitative estimate of drug-likeness (QED) is 0.839. The Balaban J connectivity index is 2.18. The van der Waals surface area contributed by atoms with Gasteiger partial charge in [0.05, 0.1) is 12.3 Å². The number of aromatic nitrogens is 1. The second-order valence-corrected chi connectivity index (χ2v) is 5.55. The van der Waals surface area contributed by atoms with Crippen LogP contribution in [-0.4, -0.2) is 46.3 Å². The number of aliphatic hydroxyl groups is 1. The van der Waals surface area contributed by atoms with Crippen LogP contribution in [0.4, 0.5) is 0 Å². The van der Waals surface area contributed by atoms with E-state index in [0.717, 1.165) is 31.7 Å². The van der Waals surface area contributed by atoms with Crippen molar-refractivity contribution in [1.29, 1.82) is 0 Å². The predicted molar refractivity (Wildman–Crippen MR) is 72.2 cm³/mol. The molecule has 1 aliphatic heterocycles. The molecule has 1 atom stereocenters. The highest BCUT2D eigenvalue weighted by atomic mass is 16.3. The Morgan fingerprint density at radius 1 is 1.50 bits per heavy atom. The van der Waals surface area contributed by atoms with Crippen molar-refractivity contribution in [3.63, 3.8) is 0 Å². The Morgan fingerprint density at radius 3 is 3.00 bits per heavy atom. The maximum absolute atomic E-state index is 9.59. The number of aliphatic hydroxyl groups excluding tert-OH is 1. The van der Waals surface area contributed by atoms with Crippen molar-refractivity contribution in [1.82, 2.24) is 15.2 Å². The zero-order valence-corrected chi connectivity index (χ0v) is 11.3. The van der Waals surface area contributed by atoms with E-state index in [1.807, 2.05) is 24.4 Å². The molecule has 1 aromatic heterocycles. The van der Waals surface area contributed by atoms with E-state index in [2.05, 4.69) is 29.0 Å². The molecule has 4 nitrogen and oxygen atoms in total. The van der Waals surface area contributed by atoms with Gasteiger partial charge in [-0.15, -0.1) is 0 Å². The van der Waals surface area contributed by atoms with Crippen LogP contribution in [0.3, 0.4) is 0 Å². The van der Waals surface area contributed by atoms with E-state index in [0.29, 0.717) is 0 Å². The fourth-order valence-electron chi connectivity index (χ4n) is 2.58. The smallest absolute Gasteiger partial charge is 0.0599 e. The van der Waals surface area contributed by atoms with Gasteiger partial charge in [0, 0.05) is 30.9 Å². The van der Waals surface area contributed by atoms with E-state index in [1.165, 1.54) is 0 Å². The largest absolute Gasteiger partial charge is 0.395 e. The van der Waals surface area contributed by atoms with Crippen molar-refractivity contribution >= 4 is 0 Å². The van der Waals surface area contributed by atoms with Crippen LogP contribution in [0, 0.1) is 0 Å². The van der Waals surface area contributed by atoms with Gasteiger partial charge in [-0.05, 0) is 38.9 Å². The molecular weight excluding hydrogens is 226 g/mol. The zero-order chi connectivity index (χ0) is 13.0. The molecule has 1 unspecified atom stereocenters. The highest BCUT2D eigenvalue weighted by Gasteiger charge is 2.34. The second kappa shape index (κ2) is 5.78. The number of hydrogen-bond donors (Lipinski definition) is 2. The number of hydrogen-bond acceptors (Lipinski definition) is 4. The molecule has 2 heterocycles. The summed E-state index contributed by atoms with van der Waals surface area (Å²) in [5.41, 5.74) is 1.14. The van der Waals surface area contributed by atoms with E-state index in [-0.39, 0.29) is 18.2 Å². The van der Waals surface area contributed by atoms with Crippen LogP contribution >= 0.6 is 0 Å². The normalized spacial score (nSPS) is 24.7. The molecule has 1 saturated heterocycles. The first-order chi connectivity index (χ1) is 8.63. The third-order valence-corrected chi connectivity index (χ3v) is 3.78. The maximum Gasteiger partial charge on any atom is 0.0599 e. The molecule has 1 aromatic rings. The van der Waals surface area contributed by atoms with Crippen molar-refractivity contribution in [2.75, 3.05) is 19.7 Å². The summed E-state index contributed by atoms with van der Waals surface area (Å²) < 4.78 is 0. The van der Waals surface area contributed by atoms with E-state index in [1.54, 1.807) is 0 Å². The molecule has 4 heteroatoms. The average molecular weight is 249 g/mol. The minimum atomic E-state index is 0.0778. The monoisotopic (exact) mass is 249 g/mol. The van der Waals surface area contributed by atoms with Crippen LogP contribution in [0.2, 0.25) is 0 Å². The zero-order valence-electron chi connectivity index (χ0n) is 11.3. The van der Waals surface area contributed by atoms with Crippen LogP contribution in [0.5, 0.6) is 0 Å². The third-order valence-electron chi connectivity index (χ3n) is 3.78. The summed E-state index contributed by atoms with van der Waals surface area (Å²) in [4.78, 5) is 6.76. The molecule has 18 heavy (non-hydrogen) atoms. The lowest BCUT2D eigenvalue weighted by Gasteiger charge is -2.41. The Morgan fingerprint density at radius 2 is 2.33 bits per heavy atom. The number of nitrogens with zero attached hydrogens (tertiary/aromatic N) is 2. The summed E-state index contributed by atoms with van der Waals surface area (Å²) in [5, 5.41) is 13.0. The van der Waals surface area contributed by atoms with Gasteiger partial charge >= 0.3 is 0 Å². The molecule has 0 spiro atoms. The lowest BCUT2D eigenvalue weighted by molar-refractivity contribution is 0.0369. The van der Waals surface area contributed by atoms with Crippen molar-refractivity contribution in [3.8, 4) is 0 Å². The van der Waals surface area contributed by atoms with Crippen LogP contribution < -0.4 is 5.32 Å². The van der Waals surface area contributed by atoms with Gasteiger partial charge in [-0.3, -0.25) is 9.88 Å². The Bertz CT molecular complexity index is 367. The second-order valence-electron chi connectivity index (χ2n) is 5.55. The molecule has 100 valence electrons. The summed E-state index contributed by atoms with van der Waals surface area (Å²) in [7, 11) is 0.